The van der Waals surface area contributed by atoms with Crippen LogP contribution in [-0.4, -0.2) is 36.1 Å². The lowest BCUT2D eigenvalue weighted by Gasteiger charge is -2.21. The normalized spacial score (nSPS) is 12.0. The van der Waals surface area contributed by atoms with E-state index in [4.69, 9.17) is 9.47 Å². The van der Waals surface area contributed by atoms with Gasteiger partial charge in [0.15, 0.2) is 6.61 Å². The minimum absolute atomic E-state index is 0.243. The molecule has 0 spiro atoms. The Balaban J connectivity index is 2.05. The predicted molar refractivity (Wildman–Crippen MR) is 105 cm³/mol. The van der Waals surface area contributed by atoms with Crippen LogP contribution < -0.4 is 5.32 Å². The predicted octanol–water partition coefficient (Wildman–Crippen LogP) is 2.91. The Morgan fingerprint density at radius 1 is 0.929 bits per heavy atom. The largest absolute Gasteiger partial charge is 0.457 e. The minimum Gasteiger partial charge on any atom is -0.457 e. The summed E-state index contributed by atoms with van der Waals surface area (Å²) in [6, 6.07) is 16.9. The topological polar surface area (TPSA) is 81.7 Å². The first-order chi connectivity index (χ1) is 13.2. The van der Waals surface area contributed by atoms with Crippen molar-refractivity contribution in [3.8, 4) is 0 Å². The van der Waals surface area contributed by atoms with Gasteiger partial charge in [0.1, 0.15) is 11.6 Å². The Kier molecular flexibility index (Phi) is 7.32. The zero-order valence-corrected chi connectivity index (χ0v) is 16.3. The summed E-state index contributed by atoms with van der Waals surface area (Å²) >= 11 is 0. The van der Waals surface area contributed by atoms with E-state index >= 15 is 0 Å². The number of benzene rings is 2. The van der Waals surface area contributed by atoms with Gasteiger partial charge in [-0.05, 0) is 38.5 Å². The minimum atomic E-state index is -0.933. The quantitative estimate of drug-likeness (QED) is 0.744. The molecule has 28 heavy (non-hydrogen) atoms. The third-order valence-electron chi connectivity index (χ3n) is 3.66. The van der Waals surface area contributed by atoms with E-state index in [2.05, 4.69) is 5.32 Å². The zero-order valence-electron chi connectivity index (χ0n) is 16.3. The molecule has 0 aliphatic carbocycles. The van der Waals surface area contributed by atoms with E-state index in [-0.39, 0.29) is 6.42 Å². The van der Waals surface area contributed by atoms with Crippen LogP contribution in [0.15, 0.2) is 60.7 Å². The monoisotopic (exact) mass is 383 g/mol. The van der Waals surface area contributed by atoms with Crippen LogP contribution in [0.25, 0.3) is 0 Å². The van der Waals surface area contributed by atoms with Gasteiger partial charge in [-0.25, -0.2) is 9.59 Å². The molecule has 0 aromatic heterocycles. The van der Waals surface area contributed by atoms with Gasteiger partial charge in [-0.1, -0.05) is 48.5 Å². The van der Waals surface area contributed by atoms with Crippen LogP contribution in [0.3, 0.4) is 0 Å². The molecule has 0 unspecified atom stereocenters. The van der Waals surface area contributed by atoms with E-state index in [1.54, 1.807) is 51.1 Å². The summed E-state index contributed by atoms with van der Waals surface area (Å²) in [4.78, 5) is 36.8. The summed E-state index contributed by atoms with van der Waals surface area (Å²) in [5.41, 5.74) is 0.615. The molecule has 1 N–H and O–H groups in total. The van der Waals surface area contributed by atoms with E-state index in [0.29, 0.717) is 5.56 Å². The van der Waals surface area contributed by atoms with Crippen LogP contribution in [0.4, 0.5) is 0 Å². The molecule has 148 valence electrons. The number of nitrogens with one attached hydrogen (secondary N) is 1. The zero-order chi connectivity index (χ0) is 20.6. The first-order valence-corrected chi connectivity index (χ1v) is 9.03. The number of hydrogen-bond acceptors (Lipinski definition) is 5. The van der Waals surface area contributed by atoms with Crippen LogP contribution in [0.5, 0.6) is 0 Å². The molecule has 0 aliphatic rings. The highest BCUT2D eigenvalue weighted by molar-refractivity contribution is 5.97. The smallest absolute Gasteiger partial charge is 0.344 e. The maximum atomic E-state index is 12.5. The molecule has 1 atom stereocenters. The van der Waals surface area contributed by atoms with Crippen molar-refractivity contribution in [2.24, 2.45) is 0 Å². The van der Waals surface area contributed by atoms with Crippen molar-refractivity contribution in [2.45, 2.75) is 38.8 Å². The standard InChI is InChI=1S/C22H25NO5/c1-22(2,3)28-19(24)15-27-21(26)18(14-16-10-6-4-7-11-16)23-20(25)17-12-8-5-9-13-17/h4-13,18H,14-15H2,1-3H3,(H,23,25)/t18-/m0/s1. The van der Waals surface area contributed by atoms with E-state index in [1.165, 1.54) is 0 Å². The first-order valence-electron chi connectivity index (χ1n) is 9.03. The van der Waals surface area contributed by atoms with Gasteiger partial charge < -0.3 is 14.8 Å². The van der Waals surface area contributed by atoms with Crippen LogP contribution in [-0.2, 0) is 25.5 Å². The molecule has 2 rings (SSSR count). The average Bonchev–Trinajstić information content (AvgIpc) is 2.65. The lowest BCUT2D eigenvalue weighted by Crippen LogP contribution is -2.44. The summed E-state index contributed by atoms with van der Waals surface area (Å²) in [5.74, 6) is -1.73. The van der Waals surface area contributed by atoms with E-state index < -0.39 is 36.1 Å². The van der Waals surface area contributed by atoms with Gasteiger partial charge in [0.05, 0.1) is 0 Å². The highest BCUT2D eigenvalue weighted by Gasteiger charge is 2.25. The summed E-state index contributed by atoms with van der Waals surface area (Å²) < 4.78 is 10.2. The van der Waals surface area contributed by atoms with Crippen molar-refractivity contribution < 1.29 is 23.9 Å². The van der Waals surface area contributed by atoms with Gasteiger partial charge in [0.2, 0.25) is 0 Å². The molecule has 6 heteroatoms. The molecule has 0 aliphatic heterocycles. The van der Waals surface area contributed by atoms with Gasteiger partial charge in [-0.15, -0.1) is 0 Å². The number of carbonyl (C=O) groups is 3. The van der Waals surface area contributed by atoms with Crippen molar-refractivity contribution in [3.63, 3.8) is 0 Å². The highest BCUT2D eigenvalue weighted by atomic mass is 16.6. The van der Waals surface area contributed by atoms with Gasteiger partial charge in [0.25, 0.3) is 5.91 Å². The summed E-state index contributed by atoms with van der Waals surface area (Å²) in [6.07, 6.45) is 0.243. The molecule has 0 radical (unpaired) electrons. The maximum Gasteiger partial charge on any atom is 0.344 e. The summed E-state index contributed by atoms with van der Waals surface area (Å²) in [6.45, 7) is 4.67. The Morgan fingerprint density at radius 3 is 2.07 bits per heavy atom. The third-order valence-corrected chi connectivity index (χ3v) is 3.66. The maximum absolute atomic E-state index is 12.5. The third kappa shape index (κ3) is 7.23. The molecule has 1 amide bonds. The van der Waals surface area contributed by atoms with Crippen molar-refractivity contribution in [1.82, 2.24) is 5.32 Å². The summed E-state index contributed by atoms with van der Waals surface area (Å²) in [5, 5.41) is 2.69. The highest BCUT2D eigenvalue weighted by Crippen LogP contribution is 2.09. The van der Waals surface area contributed by atoms with E-state index in [0.717, 1.165) is 5.56 Å². The van der Waals surface area contributed by atoms with Crippen molar-refractivity contribution in [1.29, 1.82) is 0 Å². The van der Waals surface area contributed by atoms with Crippen molar-refractivity contribution in [2.75, 3.05) is 6.61 Å². The number of esters is 2. The number of hydrogen-bond donors (Lipinski definition) is 1. The molecular weight excluding hydrogens is 358 g/mol. The van der Waals surface area contributed by atoms with Crippen LogP contribution >= 0.6 is 0 Å². The van der Waals surface area contributed by atoms with Gasteiger partial charge >= 0.3 is 11.9 Å². The Morgan fingerprint density at radius 2 is 1.50 bits per heavy atom. The number of ether oxygens (including phenoxy) is 2. The number of rotatable bonds is 7. The fourth-order valence-electron chi connectivity index (χ4n) is 2.48. The lowest BCUT2D eigenvalue weighted by atomic mass is 10.1. The molecule has 0 saturated heterocycles. The van der Waals surface area contributed by atoms with Gasteiger partial charge in [-0.2, -0.15) is 0 Å². The van der Waals surface area contributed by atoms with E-state index in [1.807, 2.05) is 30.3 Å². The molecule has 2 aromatic rings. The molecule has 0 saturated carbocycles. The first kappa shape index (κ1) is 21.2. The molecule has 6 nitrogen and oxygen atoms in total. The summed E-state index contributed by atoms with van der Waals surface area (Å²) in [7, 11) is 0. The van der Waals surface area contributed by atoms with Crippen molar-refractivity contribution >= 4 is 17.8 Å². The van der Waals surface area contributed by atoms with Gasteiger partial charge in [0, 0.05) is 12.0 Å². The Hall–Kier alpha value is -3.15. The molecule has 0 bridgehead atoms. The van der Waals surface area contributed by atoms with Crippen molar-refractivity contribution in [3.05, 3.63) is 71.8 Å². The second kappa shape index (κ2) is 9.69. The molecular formula is C22H25NO5. The molecule has 0 fully saturated rings. The SMILES string of the molecule is CC(C)(C)OC(=O)COC(=O)[C@H](Cc1ccccc1)NC(=O)c1ccccc1. The lowest BCUT2D eigenvalue weighted by molar-refractivity contribution is -0.167. The number of amides is 1. The second-order valence-corrected chi connectivity index (χ2v) is 7.28. The fraction of sp³-hybridized carbons (Fsp3) is 0.318. The van der Waals surface area contributed by atoms with Crippen LogP contribution in [0, 0.1) is 0 Å². The number of carbonyl (C=O) groups excluding carboxylic acids is 3. The molecule has 2 aromatic carbocycles. The van der Waals surface area contributed by atoms with Crippen LogP contribution in [0.1, 0.15) is 36.7 Å². The average molecular weight is 383 g/mol. The van der Waals surface area contributed by atoms with Crippen LogP contribution in [0.2, 0.25) is 0 Å². The molecule has 0 heterocycles. The second-order valence-electron chi connectivity index (χ2n) is 7.28. The fourth-order valence-corrected chi connectivity index (χ4v) is 2.48. The Bertz CT molecular complexity index is 797. The van der Waals surface area contributed by atoms with E-state index in [9.17, 15) is 14.4 Å². The van der Waals surface area contributed by atoms with Gasteiger partial charge in [-0.3, -0.25) is 4.79 Å². The Labute approximate surface area is 164 Å².